The van der Waals surface area contributed by atoms with Gasteiger partial charge < -0.3 is 9.64 Å². The van der Waals surface area contributed by atoms with E-state index in [0.29, 0.717) is 25.6 Å². The summed E-state index contributed by atoms with van der Waals surface area (Å²) in [5, 5.41) is -0.105. The van der Waals surface area contributed by atoms with E-state index < -0.39 is 0 Å². The fraction of sp³-hybridized carbons (Fsp3) is 0.579. The van der Waals surface area contributed by atoms with Crippen LogP contribution in [-0.2, 0) is 14.3 Å². The number of esters is 1. The van der Waals surface area contributed by atoms with Gasteiger partial charge >= 0.3 is 5.97 Å². The number of hydrogen-bond acceptors (Lipinski definition) is 5. The van der Waals surface area contributed by atoms with Crippen LogP contribution in [0.3, 0.4) is 0 Å². The van der Waals surface area contributed by atoms with Gasteiger partial charge in [-0.3, -0.25) is 14.5 Å². The van der Waals surface area contributed by atoms with Gasteiger partial charge in [0, 0.05) is 18.8 Å². The molecule has 1 saturated heterocycles. The SMILES string of the molecule is CCOC(=O)CN(CC(=O)N1CCSC1c1ccc(F)cc1)CC(C)C. The molecule has 7 heteroatoms. The smallest absolute Gasteiger partial charge is 0.320 e. The third kappa shape index (κ3) is 5.99. The molecule has 0 spiro atoms. The van der Waals surface area contributed by atoms with E-state index in [2.05, 4.69) is 13.8 Å². The van der Waals surface area contributed by atoms with Crippen molar-refractivity contribution >= 4 is 23.6 Å². The number of hydrogen-bond donors (Lipinski definition) is 0. The van der Waals surface area contributed by atoms with Crippen LogP contribution in [0.1, 0.15) is 31.7 Å². The minimum Gasteiger partial charge on any atom is -0.465 e. The molecule has 1 fully saturated rings. The molecule has 1 aromatic carbocycles. The van der Waals surface area contributed by atoms with Crippen LogP contribution in [0.15, 0.2) is 24.3 Å². The predicted molar refractivity (Wildman–Crippen MR) is 101 cm³/mol. The number of carbonyl (C=O) groups excluding carboxylic acids is 2. The average molecular weight is 383 g/mol. The van der Waals surface area contributed by atoms with Crippen molar-refractivity contribution in [3.8, 4) is 0 Å². The van der Waals surface area contributed by atoms with Crippen molar-refractivity contribution in [1.29, 1.82) is 0 Å². The first-order chi connectivity index (χ1) is 12.4. The van der Waals surface area contributed by atoms with E-state index in [-0.39, 0.29) is 36.2 Å². The van der Waals surface area contributed by atoms with Crippen LogP contribution >= 0.6 is 11.8 Å². The normalized spacial score (nSPS) is 17.2. The zero-order valence-electron chi connectivity index (χ0n) is 15.6. The molecule has 0 aromatic heterocycles. The summed E-state index contributed by atoms with van der Waals surface area (Å²) in [6.07, 6.45) is 0. The molecule has 0 aliphatic carbocycles. The van der Waals surface area contributed by atoms with Gasteiger partial charge in [0.1, 0.15) is 11.2 Å². The predicted octanol–water partition coefficient (Wildman–Crippen LogP) is 2.92. The first-order valence-electron chi connectivity index (χ1n) is 8.95. The van der Waals surface area contributed by atoms with Crippen molar-refractivity contribution in [3.63, 3.8) is 0 Å². The van der Waals surface area contributed by atoms with Gasteiger partial charge in [0.15, 0.2) is 0 Å². The highest BCUT2D eigenvalue weighted by molar-refractivity contribution is 7.99. The number of amides is 1. The second-order valence-electron chi connectivity index (χ2n) is 6.73. The van der Waals surface area contributed by atoms with Crippen molar-refractivity contribution in [2.24, 2.45) is 5.92 Å². The van der Waals surface area contributed by atoms with Crippen LogP contribution in [0.4, 0.5) is 4.39 Å². The molecule has 0 saturated carbocycles. The maximum Gasteiger partial charge on any atom is 0.320 e. The highest BCUT2D eigenvalue weighted by Crippen LogP contribution is 2.37. The maximum absolute atomic E-state index is 13.2. The van der Waals surface area contributed by atoms with Gasteiger partial charge in [0.25, 0.3) is 0 Å². The Morgan fingerprint density at radius 1 is 1.31 bits per heavy atom. The fourth-order valence-electron chi connectivity index (χ4n) is 3.00. The van der Waals surface area contributed by atoms with Gasteiger partial charge in [0.05, 0.1) is 19.7 Å². The molecule has 1 aliphatic heterocycles. The first-order valence-corrected chi connectivity index (χ1v) is 10.00. The van der Waals surface area contributed by atoms with Gasteiger partial charge in [0.2, 0.25) is 5.91 Å². The van der Waals surface area contributed by atoms with Crippen molar-refractivity contribution in [2.45, 2.75) is 26.1 Å². The van der Waals surface area contributed by atoms with E-state index in [4.69, 9.17) is 4.74 Å². The van der Waals surface area contributed by atoms with Gasteiger partial charge in [-0.2, -0.15) is 0 Å². The van der Waals surface area contributed by atoms with Crippen molar-refractivity contribution < 1.29 is 18.7 Å². The Kier molecular flexibility index (Phi) is 7.90. The van der Waals surface area contributed by atoms with E-state index in [0.717, 1.165) is 11.3 Å². The molecule has 1 atom stereocenters. The lowest BCUT2D eigenvalue weighted by Gasteiger charge is -2.28. The van der Waals surface area contributed by atoms with Gasteiger partial charge in [-0.1, -0.05) is 26.0 Å². The van der Waals surface area contributed by atoms with Gasteiger partial charge in [-0.15, -0.1) is 11.8 Å². The Bertz CT molecular complexity index is 609. The third-order valence-corrected chi connectivity index (χ3v) is 5.27. The van der Waals surface area contributed by atoms with Gasteiger partial charge in [-0.25, -0.2) is 4.39 Å². The number of ether oxygens (including phenoxy) is 1. The summed E-state index contributed by atoms with van der Waals surface area (Å²) in [7, 11) is 0. The Morgan fingerprint density at radius 3 is 2.62 bits per heavy atom. The minimum absolute atomic E-state index is 0.0192. The van der Waals surface area contributed by atoms with Crippen LogP contribution in [0.5, 0.6) is 0 Å². The van der Waals surface area contributed by atoms with Crippen LogP contribution < -0.4 is 0 Å². The van der Waals surface area contributed by atoms with E-state index >= 15 is 0 Å². The third-order valence-electron chi connectivity index (χ3n) is 4.01. The second-order valence-corrected chi connectivity index (χ2v) is 7.92. The first kappa shape index (κ1) is 20.7. The lowest BCUT2D eigenvalue weighted by molar-refractivity contribution is -0.145. The number of halogens is 1. The maximum atomic E-state index is 13.2. The van der Waals surface area contributed by atoms with E-state index in [1.54, 1.807) is 30.8 Å². The van der Waals surface area contributed by atoms with Crippen LogP contribution in [0.2, 0.25) is 0 Å². The molecule has 5 nitrogen and oxygen atoms in total. The molecular formula is C19H27FN2O3S. The summed E-state index contributed by atoms with van der Waals surface area (Å²) >= 11 is 1.67. The Hall–Kier alpha value is -1.60. The molecule has 1 aromatic rings. The topological polar surface area (TPSA) is 49.9 Å². The minimum atomic E-state index is -0.313. The Labute approximate surface area is 158 Å². The molecule has 0 N–H and O–H groups in total. The molecule has 144 valence electrons. The quantitative estimate of drug-likeness (QED) is 0.647. The van der Waals surface area contributed by atoms with Crippen molar-refractivity contribution in [3.05, 3.63) is 35.6 Å². The summed E-state index contributed by atoms with van der Waals surface area (Å²) in [4.78, 5) is 28.4. The zero-order valence-corrected chi connectivity index (χ0v) is 16.4. The molecule has 1 unspecified atom stereocenters. The summed E-state index contributed by atoms with van der Waals surface area (Å²) < 4.78 is 18.2. The highest BCUT2D eigenvalue weighted by atomic mass is 32.2. The monoisotopic (exact) mass is 382 g/mol. The van der Waals surface area contributed by atoms with E-state index in [9.17, 15) is 14.0 Å². The molecule has 1 aliphatic rings. The van der Waals surface area contributed by atoms with Crippen molar-refractivity contribution in [2.75, 3.05) is 38.5 Å². The lowest BCUT2D eigenvalue weighted by atomic mass is 10.2. The molecular weight excluding hydrogens is 355 g/mol. The molecule has 26 heavy (non-hydrogen) atoms. The Morgan fingerprint density at radius 2 is 2.00 bits per heavy atom. The standard InChI is InChI=1S/C19H27FN2O3S/c1-4-25-18(24)13-21(11-14(2)3)12-17(23)22-9-10-26-19(22)15-5-7-16(20)8-6-15/h5-8,14,19H,4,9-13H2,1-3H3. The van der Waals surface area contributed by atoms with E-state index in [1.165, 1.54) is 12.1 Å². The van der Waals surface area contributed by atoms with Crippen LogP contribution in [0, 0.1) is 11.7 Å². The summed E-state index contributed by atoms with van der Waals surface area (Å²) in [6.45, 7) is 7.79. The van der Waals surface area contributed by atoms with E-state index in [1.807, 2.05) is 9.80 Å². The number of thioether (sulfide) groups is 1. The number of benzene rings is 1. The lowest BCUT2D eigenvalue weighted by Crippen LogP contribution is -2.43. The summed E-state index contributed by atoms with van der Waals surface area (Å²) in [5.74, 6) is 0.557. The number of rotatable bonds is 8. The zero-order chi connectivity index (χ0) is 19.1. The molecule has 2 rings (SSSR count). The highest BCUT2D eigenvalue weighted by Gasteiger charge is 2.31. The van der Waals surface area contributed by atoms with Gasteiger partial charge in [-0.05, 0) is 30.5 Å². The molecule has 0 radical (unpaired) electrons. The number of nitrogens with zero attached hydrogens (tertiary/aromatic N) is 2. The molecule has 1 amide bonds. The van der Waals surface area contributed by atoms with Crippen LogP contribution in [-0.4, -0.2) is 60.2 Å². The number of carbonyl (C=O) groups is 2. The van der Waals surface area contributed by atoms with Crippen LogP contribution in [0.25, 0.3) is 0 Å². The average Bonchev–Trinajstić information content (AvgIpc) is 3.04. The second kappa shape index (κ2) is 9.92. The molecule has 0 bridgehead atoms. The fourth-order valence-corrected chi connectivity index (χ4v) is 4.28. The summed E-state index contributed by atoms with van der Waals surface area (Å²) in [6, 6.07) is 6.29. The van der Waals surface area contributed by atoms with Crippen molar-refractivity contribution in [1.82, 2.24) is 9.80 Å². The largest absolute Gasteiger partial charge is 0.465 e. The molecule has 1 heterocycles. The summed E-state index contributed by atoms with van der Waals surface area (Å²) in [5.41, 5.74) is 0.919. The Balaban J connectivity index is 2.04.